The van der Waals surface area contributed by atoms with E-state index in [1.165, 1.54) is 16.9 Å². The van der Waals surface area contributed by atoms with E-state index in [1.54, 1.807) is 6.92 Å². The minimum Gasteiger partial charge on any atom is -0.506 e. The number of aryl methyl sites for hydroxylation is 1. The molecular weight excluding hydrogens is 266 g/mol. The van der Waals surface area contributed by atoms with Gasteiger partial charge in [0.25, 0.3) is 0 Å². The quantitative estimate of drug-likeness (QED) is 0.668. The van der Waals surface area contributed by atoms with Crippen molar-refractivity contribution < 1.29 is 5.11 Å². The summed E-state index contributed by atoms with van der Waals surface area (Å²) in [6.45, 7) is 11.7. The van der Waals surface area contributed by atoms with Crippen LogP contribution in [-0.2, 0) is 0 Å². The Bertz CT molecular complexity index is 526. The van der Waals surface area contributed by atoms with E-state index in [-0.39, 0.29) is 5.75 Å². The first-order valence-electron chi connectivity index (χ1n) is 7.02. The summed E-state index contributed by atoms with van der Waals surface area (Å²) in [7, 11) is 0. The number of rotatable bonds is 2. The van der Waals surface area contributed by atoms with E-state index in [9.17, 15) is 5.11 Å². The molecule has 0 unspecified atom stereocenters. The van der Waals surface area contributed by atoms with Crippen LogP contribution in [0, 0.1) is 12.3 Å². The molecular formula is C17H25NOS. The first-order chi connectivity index (χ1) is 9.59. The molecule has 0 saturated carbocycles. The summed E-state index contributed by atoms with van der Waals surface area (Å²) >= 11 is 1.47. The fourth-order valence-corrected chi connectivity index (χ4v) is 2.55. The summed E-state index contributed by atoms with van der Waals surface area (Å²) < 4.78 is 0. The topological polar surface area (TPSA) is 44.1 Å². The zero-order chi connectivity index (χ0) is 15.7. The molecule has 0 aliphatic carbocycles. The first kappa shape index (κ1) is 18.4. The largest absolute Gasteiger partial charge is 0.506 e. The highest BCUT2D eigenvalue weighted by Crippen LogP contribution is 2.38. The minimum atomic E-state index is 0.223. The first-order valence-corrected chi connectivity index (χ1v) is 7.90. The molecule has 0 spiro atoms. The van der Waals surface area contributed by atoms with Crippen LogP contribution in [0.5, 0.6) is 5.75 Å². The fraction of sp³-hybridized carbons (Fsp3) is 0.353. The molecule has 0 saturated heterocycles. The van der Waals surface area contributed by atoms with Gasteiger partial charge in [0.1, 0.15) is 5.75 Å². The van der Waals surface area contributed by atoms with Gasteiger partial charge in [-0.15, -0.1) is 11.3 Å². The summed E-state index contributed by atoms with van der Waals surface area (Å²) in [5.74, 6) is 0.223. The number of aromatic hydroxyl groups is 1. The molecule has 0 radical (unpaired) electrons. The van der Waals surface area contributed by atoms with E-state index in [0.29, 0.717) is 11.3 Å². The van der Waals surface area contributed by atoms with Crippen LogP contribution in [0.1, 0.15) is 45.7 Å². The minimum absolute atomic E-state index is 0.223. The molecule has 3 heteroatoms. The summed E-state index contributed by atoms with van der Waals surface area (Å²) in [4.78, 5) is 0.835. The van der Waals surface area contributed by atoms with Crippen LogP contribution in [-0.4, -0.2) is 10.8 Å². The molecule has 2 nitrogen and oxygen atoms in total. The molecule has 0 bridgehead atoms. The van der Waals surface area contributed by atoms with Gasteiger partial charge in [0.15, 0.2) is 0 Å². The van der Waals surface area contributed by atoms with Crippen LogP contribution in [0.15, 0.2) is 29.6 Å². The lowest BCUT2D eigenvalue weighted by atomic mass is 10.1. The Morgan fingerprint density at radius 3 is 1.95 bits per heavy atom. The molecule has 0 amide bonds. The van der Waals surface area contributed by atoms with Crippen molar-refractivity contribution in [3.8, 4) is 16.2 Å². The normalized spacial score (nSPS) is 8.90. The standard InChI is InChI=1S/C13H13NOS.2C2H6/c1-8-3-5-10(6-4-8)13-12(15)11(7-16-13)9(2)14;2*1-2/h3-7,14-15H,1-2H3;2*1-2H3. The highest BCUT2D eigenvalue weighted by Gasteiger charge is 2.13. The van der Waals surface area contributed by atoms with Crippen LogP contribution < -0.4 is 0 Å². The van der Waals surface area contributed by atoms with Crippen molar-refractivity contribution in [3.05, 3.63) is 40.8 Å². The van der Waals surface area contributed by atoms with Gasteiger partial charge in [-0.3, -0.25) is 0 Å². The van der Waals surface area contributed by atoms with E-state index >= 15 is 0 Å². The molecule has 1 heterocycles. The summed E-state index contributed by atoms with van der Waals surface area (Å²) in [5, 5.41) is 19.4. The highest BCUT2D eigenvalue weighted by molar-refractivity contribution is 7.14. The van der Waals surface area contributed by atoms with Gasteiger partial charge in [-0.2, -0.15) is 0 Å². The lowest BCUT2D eigenvalue weighted by Gasteiger charge is -2.01. The fourth-order valence-electron chi connectivity index (χ4n) is 1.53. The van der Waals surface area contributed by atoms with E-state index in [2.05, 4.69) is 0 Å². The number of hydrogen-bond acceptors (Lipinski definition) is 3. The summed E-state index contributed by atoms with van der Waals surface area (Å²) in [6.07, 6.45) is 0. The zero-order valence-corrected chi connectivity index (χ0v) is 14.1. The smallest absolute Gasteiger partial charge is 0.143 e. The molecule has 2 N–H and O–H groups in total. The van der Waals surface area contributed by atoms with Crippen LogP contribution in [0.2, 0.25) is 0 Å². The van der Waals surface area contributed by atoms with E-state index in [1.807, 2.05) is 64.3 Å². The van der Waals surface area contributed by atoms with E-state index in [0.717, 1.165) is 10.4 Å². The van der Waals surface area contributed by atoms with E-state index < -0.39 is 0 Å². The monoisotopic (exact) mass is 291 g/mol. The second kappa shape index (κ2) is 9.32. The molecule has 2 aromatic rings. The Morgan fingerprint density at radius 1 is 1.05 bits per heavy atom. The molecule has 0 aliphatic rings. The van der Waals surface area contributed by atoms with Crippen LogP contribution in [0.3, 0.4) is 0 Å². The van der Waals surface area contributed by atoms with Gasteiger partial charge in [0.05, 0.1) is 4.88 Å². The molecule has 20 heavy (non-hydrogen) atoms. The molecule has 0 atom stereocenters. The molecule has 0 fully saturated rings. The molecule has 1 aromatic heterocycles. The Balaban J connectivity index is 0.000000829. The maximum absolute atomic E-state index is 9.99. The Morgan fingerprint density at radius 2 is 1.55 bits per heavy atom. The van der Waals surface area contributed by atoms with Crippen molar-refractivity contribution in [1.29, 1.82) is 5.41 Å². The number of hydrogen-bond donors (Lipinski definition) is 2. The average molecular weight is 291 g/mol. The van der Waals surface area contributed by atoms with Crippen LogP contribution >= 0.6 is 11.3 Å². The lowest BCUT2D eigenvalue weighted by Crippen LogP contribution is -1.88. The third kappa shape index (κ3) is 4.49. The van der Waals surface area contributed by atoms with Gasteiger partial charge in [-0.25, -0.2) is 0 Å². The van der Waals surface area contributed by atoms with Crippen LogP contribution in [0.4, 0.5) is 0 Å². The second-order valence-electron chi connectivity index (χ2n) is 3.82. The third-order valence-corrected chi connectivity index (χ3v) is 3.50. The molecule has 1 aromatic carbocycles. The third-order valence-electron chi connectivity index (χ3n) is 2.48. The highest BCUT2D eigenvalue weighted by atomic mass is 32.1. The van der Waals surface area contributed by atoms with Gasteiger partial charge in [0.2, 0.25) is 0 Å². The molecule has 0 aliphatic heterocycles. The van der Waals surface area contributed by atoms with Crippen molar-refractivity contribution in [2.75, 3.05) is 0 Å². The second-order valence-corrected chi connectivity index (χ2v) is 4.70. The number of benzene rings is 1. The summed E-state index contributed by atoms with van der Waals surface area (Å²) in [5.41, 5.74) is 3.22. The number of thiophene rings is 1. The zero-order valence-electron chi connectivity index (χ0n) is 13.2. The van der Waals surface area contributed by atoms with Crippen molar-refractivity contribution in [1.82, 2.24) is 0 Å². The Labute approximate surface area is 126 Å². The average Bonchev–Trinajstić information content (AvgIpc) is 2.86. The maximum Gasteiger partial charge on any atom is 0.143 e. The van der Waals surface area contributed by atoms with Crippen molar-refractivity contribution in [2.45, 2.75) is 41.5 Å². The maximum atomic E-state index is 9.99. The van der Waals surface area contributed by atoms with E-state index in [4.69, 9.17) is 5.41 Å². The van der Waals surface area contributed by atoms with Crippen LogP contribution in [0.25, 0.3) is 10.4 Å². The predicted molar refractivity (Wildman–Crippen MR) is 91.4 cm³/mol. The van der Waals surface area contributed by atoms with Crippen molar-refractivity contribution in [3.63, 3.8) is 0 Å². The van der Waals surface area contributed by atoms with Gasteiger partial charge in [0, 0.05) is 16.7 Å². The lowest BCUT2D eigenvalue weighted by molar-refractivity contribution is 0.478. The molecule has 2 rings (SSSR count). The number of nitrogens with one attached hydrogen (secondary N) is 1. The van der Waals surface area contributed by atoms with Crippen molar-refractivity contribution >= 4 is 17.0 Å². The van der Waals surface area contributed by atoms with Gasteiger partial charge in [-0.05, 0) is 19.4 Å². The van der Waals surface area contributed by atoms with Gasteiger partial charge in [-0.1, -0.05) is 57.5 Å². The Kier molecular flexibility index (Phi) is 8.57. The van der Waals surface area contributed by atoms with Crippen molar-refractivity contribution in [2.24, 2.45) is 0 Å². The predicted octanol–water partition coefficient (Wildman–Crippen LogP) is 5.87. The SMILES string of the molecule is CC.CC.CC(=N)c1csc(-c2ccc(C)cc2)c1O. The van der Waals surface area contributed by atoms with Gasteiger partial charge < -0.3 is 10.5 Å². The van der Waals surface area contributed by atoms with Gasteiger partial charge >= 0.3 is 0 Å². The summed E-state index contributed by atoms with van der Waals surface area (Å²) in [6, 6.07) is 8.02. The Hall–Kier alpha value is -1.61. The molecule has 110 valence electrons.